The van der Waals surface area contributed by atoms with Gasteiger partial charge in [0.15, 0.2) is 0 Å². The second kappa shape index (κ2) is 4.09. The molecule has 18 heavy (non-hydrogen) atoms. The molecule has 0 saturated heterocycles. The Morgan fingerprint density at radius 2 is 1.28 bits per heavy atom. The molecule has 2 aromatic carbocycles. The van der Waals surface area contributed by atoms with Crippen LogP contribution in [0.4, 0.5) is 0 Å². The molecule has 2 nitrogen and oxygen atoms in total. The fourth-order valence-electron chi connectivity index (χ4n) is 2.64. The molecule has 0 fully saturated rings. The predicted octanol–water partition coefficient (Wildman–Crippen LogP) is 3.41. The van der Waals surface area contributed by atoms with Gasteiger partial charge in [0.1, 0.15) is 0 Å². The van der Waals surface area contributed by atoms with Gasteiger partial charge in [-0.1, -0.05) is 60.7 Å². The van der Waals surface area contributed by atoms with Crippen molar-refractivity contribution in [3.63, 3.8) is 0 Å². The zero-order chi connectivity index (χ0) is 12.6. The fourth-order valence-corrected chi connectivity index (χ4v) is 2.64. The van der Waals surface area contributed by atoms with Crippen molar-refractivity contribution in [2.24, 2.45) is 0 Å². The van der Waals surface area contributed by atoms with Crippen LogP contribution < -0.4 is 5.48 Å². The maximum Gasteiger partial charge on any atom is 0.0910 e. The summed E-state index contributed by atoms with van der Waals surface area (Å²) in [5.41, 5.74) is 6.31. The third kappa shape index (κ3) is 1.50. The lowest BCUT2D eigenvalue weighted by atomic mass is 9.82. The zero-order valence-corrected chi connectivity index (χ0v) is 10.2. The summed E-state index contributed by atoms with van der Waals surface area (Å²) in [7, 11) is 0. The van der Waals surface area contributed by atoms with Crippen molar-refractivity contribution in [2.45, 2.75) is 12.5 Å². The van der Waals surface area contributed by atoms with Crippen LogP contribution in [0.1, 0.15) is 29.2 Å². The molecule has 0 amide bonds. The van der Waals surface area contributed by atoms with Gasteiger partial charge in [-0.3, -0.25) is 0 Å². The first kappa shape index (κ1) is 11.2. The Kier molecular flexibility index (Phi) is 2.54. The average molecular weight is 237 g/mol. The minimum atomic E-state index is -0.587. The Balaban J connectivity index is 2.35. The summed E-state index contributed by atoms with van der Waals surface area (Å²) in [5, 5.41) is 9.69. The molecule has 2 aromatic rings. The molecule has 0 bridgehead atoms. The summed E-state index contributed by atoms with van der Waals surface area (Å²) in [6.45, 7) is 2.00. The second-order valence-corrected chi connectivity index (χ2v) is 4.74. The van der Waals surface area contributed by atoms with Crippen molar-refractivity contribution in [2.75, 3.05) is 0 Å². The highest BCUT2D eigenvalue weighted by Crippen LogP contribution is 2.37. The summed E-state index contributed by atoms with van der Waals surface area (Å²) in [5.74, 6) is 0. The van der Waals surface area contributed by atoms with E-state index in [9.17, 15) is 5.21 Å². The lowest BCUT2D eigenvalue weighted by Crippen LogP contribution is -2.39. The molecule has 0 radical (unpaired) electrons. The quantitative estimate of drug-likeness (QED) is 0.745. The molecule has 0 saturated carbocycles. The molecule has 3 rings (SSSR count). The highest BCUT2D eigenvalue weighted by molar-refractivity contribution is 5.77. The van der Waals surface area contributed by atoms with Gasteiger partial charge in [-0.05, 0) is 29.2 Å². The molecule has 0 heterocycles. The molecule has 0 spiro atoms. The molecule has 90 valence electrons. The van der Waals surface area contributed by atoms with Gasteiger partial charge in [-0.15, -0.1) is 0 Å². The van der Waals surface area contributed by atoms with Gasteiger partial charge in [-0.25, -0.2) is 0 Å². The fraction of sp³-hybridized carbons (Fsp3) is 0.125. The SMILES string of the molecule is CC1(NO)c2ccccc2C=Cc2ccccc21. The van der Waals surface area contributed by atoms with Crippen LogP contribution in [-0.4, -0.2) is 5.21 Å². The lowest BCUT2D eigenvalue weighted by molar-refractivity contribution is 0.0921. The Labute approximate surface area is 107 Å². The van der Waals surface area contributed by atoms with Gasteiger partial charge in [0.05, 0.1) is 5.54 Å². The first-order chi connectivity index (χ1) is 8.75. The summed E-state index contributed by atoms with van der Waals surface area (Å²) in [6, 6.07) is 16.2. The Morgan fingerprint density at radius 1 is 0.833 bits per heavy atom. The van der Waals surface area contributed by atoms with Crippen LogP contribution >= 0.6 is 0 Å². The molecule has 1 aliphatic rings. The summed E-state index contributed by atoms with van der Waals surface area (Å²) in [4.78, 5) is 0. The van der Waals surface area contributed by atoms with E-state index in [1.54, 1.807) is 0 Å². The van der Waals surface area contributed by atoms with Crippen molar-refractivity contribution in [1.29, 1.82) is 0 Å². The second-order valence-electron chi connectivity index (χ2n) is 4.74. The van der Waals surface area contributed by atoms with Crippen LogP contribution in [-0.2, 0) is 5.54 Å². The molecular formula is C16H15NO. The molecular weight excluding hydrogens is 222 g/mol. The van der Waals surface area contributed by atoms with Crippen LogP contribution in [0.3, 0.4) is 0 Å². The number of hydrogen-bond acceptors (Lipinski definition) is 2. The van der Waals surface area contributed by atoms with Crippen LogP contribution in [0.2, 0.25) is 0 Å². The van der Waals surface area contributed by atoms with Crippen LogP contribution in [0.25, 0.3) is 12.2 Å². The van der Waals surface area contributed by atoms with E-state index in [0.717, 1.165) is 22.3 Å². The van der Waals surface area contributed by atoms with E-state index in [4.69, 9.17) is 0 Å². The van der Waals surface area contributed by atoms with Gasteiger partial charge in [-0.2, -0.15) is 5.48 Å². The average Bonchev–Trinajstić information content (AvgIpc) is 2.56. The predicted molar refractivity (Wildman–Crippen MR) is 73.2 cm³/mol. The highest BCUT2D eigenvalue weighted by Gasteiger charge is 2.32. The molecule has 2 heteroatoms. The van der Waals surface area contributed by atoms with E-state index in [1.807, 2.05) is 43.3 Å². The minimum Gasteiger partial charge on any atom is -0.316 e. The molecule has 0 unspecified atom stereocenters. The number of rotatable bonds is 1. The molecule has 0 aromatic heterocycles. The van der Waals surface area contributed by atoms with Gasteiger partial charge >= 0.3 is 0 Å². The van der Waals surface area contributed by atoms with Crippen LogP contribution in [0.5, 0.6) is 0 Å². The van der Waals surface area contributed by atoms with Crippen molar-refractivity contribution < 1.29 is 5.21 Å². The normalized spacial score (nSPS) is 15.7. The smallest absolute Gasteiger partial charge is 0.0910 e. The Morgan fingerprint density at radius 3 is 1.72 bits per heavy atom. The number of fused-ring (bicyclic) bond motifs is 2. The summed E-state index contributed by atoms with van der Waals surface area (Å²) >= 11 is 0. The first-order valence-corrected chi connectivity index (χ1v) is 6.04. The van der Waals surface area contributed by atoms with E-state index in [1.165, 1.54) is 0 Å². The standard InChI is InChI=1S/C16H15NO/c1-16(17-18)14-8-4-2-6-12(14)10-11-13-7-3-5-9-15(13)16/h2-11,17-18H,1H3. The summed E-state index contributed by atoms with van der Waals surface area (Å²) < 4.78 is 0. The van der Waals surface area contributed by atoms with Gasteiger partial charge in [0, 0.05) is 0 Å². The monoisotopic (exact) mass is 237 g/mol. The Bertz CT molecular complexity index is 566. The van der Waals surface area contributed by atoms with Crippen LogP contribution in [0, 0.1) is 0 Å². The van der Waals surface area contributed by atoms with Gasteiger partial charge < -0.3 is 5.21 Å². The van der Waals surface area contributed by atoms with Crippen LogP contribution in [0.15, 0.2) is 48.5 Å². The van der Waals surface area contributed by atoms with E-state index < -0.39 is 5.54 Å². The highest BCUT2D eigenvalue weighted by atomic mass is 16.5. The van der Waals surface area contributed by atoms with Crippen molar-refractivity contribution in [3.05, 3.63) is 70.8 Å². The van der Waals surface area contributed by atoms with E-state index in [0.29, 0.717) is 0 Å². The minimum absolute atomic E-state index is 0.587. The summed E-state index contributed by atoms with van der Waals surface area (Å²) in [6.07, 6.45) is 4.19. The largest absolute Gasteiger partial charge is 0.316 e. The topological polar surface area (TPSA) is 32.3 Å². The van der Waals surface area contributed by atoms with Crippen molar-refractivity contribution in [3.8, 4) is 0 Å². The number of hydroxylamine groups is 1. The molecule has 0 atom stereocenters. The van der Waals surface area contributed by atoms with Crippen molar-refractivity contribution in [1.82, 2.24) is 5.48 Å². The third-order valence-corrected chi connectivity index (χ3v) is 3.66. The van der Waals surface area contributed by atoms with Gasteiger partial charge in [0.2, 0.25) is 0 Å². The zero-order valence-electron chi connectivity index (χ0n) is 10.2. The molecule has 1 aliphatic carbocycles. The first-order valence-electron chi connectivity index (χ1n) is 6.04. The number of hydrogen-bond donors (Lipinski definition) is 2. The van der Waals surface area contributed by atoms with Crippen molar-refractivity contribution >= 4 is 12.2 Å². The molecule has 0 aliphatic heterocycles. The van der Waals surface area contributed by atoms with E-state index in [2.05, 4.69) is 29.8 Å². The molecule has 2 N–H and O–H groups in total. The number of nitrogens with one attached hydrogen (secondary N) is 1. The number of benzene rings is 2. The third-order valence-electron chi connectivity index (χ3n) is 3.66. The van der Waals surface area contributed by atoms with Gasteiger partial charge in [0.25, 0.3) is 0 Å². The van der Waals surface area contributed by atoms with E-state index >= 15 is 0 Å². The van der Waals surface area contributed by atoms with E-state index in [-0.39, 0.29) is 0 Å². The Hall–Kier alpha value is -1.90. The lowest BCUT2D eigenvalue weighted by Gasteiger charge is -2.30. The maximum absolute atomic E-state index is 9.69. The maximum atomic E-state index is 9.69.